The van der Waals surface area contributed by atoms with Crippen molar-refractivity contribution in [2.45, 2.75) is 62.8 Å². The number of nitrogens with zero attached hydrogens (tertiary/aromatic N) is 1. The first-order valence-electron chi connectivity index (χ1n) is 9.39. The van der Waals surface area contributed by atoms with Crippen LogP contribution in [0.25, 0.3) is 0 Å². The van der Waals surface area contributed by atoms with Crippen molar-refractivity contribution in [3.8, 4) is 0 Å². The summed E-state index contributed by atoms with van der Waals surface area (Å²) >= 11 is 0. The lowest BCUT2D eigenvalue weighted by atomic mass is 10.0. The summed E-state index contributed by atoms with van der Waals surface area (Å²) < 4.78 is 28.2. The smallest absolute Gasteiger partial charge is 0.306 e. The average Bonchev–Trinajstić information content (AvgIpc) is 3.23. The van der Waals surface area contributed by atoms with Gasteiger partial charge < -0.3 is 9.64 Å². The van der Waals surface area contributed by atoms with Crippen LogP contribution in [-0.4, -0.2) is 32.9 Å². The summed E-state index contributed by atoms with van der Waals surface area (Å²) in [5.74, 6) is -0.0440. The van der Waals surface area contributed by atoms with Gasteiger partial charge in [-0.2, -0.15) is 0 Å². The van der Waals surface area contributed by atoms with Gasteiger partial charge in [0.15, 0.2) is 6.61 Å². The van der Waals surface area contributed by atoms with Gasteiger partial charge in [-0.05, 0) is 49.4 Å². The third-order valence-corrected chi connectivity index (χ3v) is 6.36. The van der Waals surface area contributed by atoms with E-state index in [0.717, 1.165) is 12.0 Å². The molecule has 1 aliphatic heterocycles. The zero-order valence-electron chi connectivity index (χ0n) is 15.5. The molecule has 0 aromatic heterocycles. The highest BCUT2D eigenvalue weighted by molar-refractivity contribution is 7.89. The molecule has 3 rings (SSSR count). The fraction of sp³-hybridized carbons (Fsp3) is 0.579. The van der Waals surface area contributed by atoms with Gasteiger partial charge in [0.1, 0.15) is 0 Å². The molecule has 1 aromatic carbocycles. The maximum Gasteiger partial charge on any atom is 0.306 e. The molecular weight excluding hydrogens is 368 g/mol. The van der Waals surface area contributed by atoms with Gasteiger partial charge in [0.2, 0.25) is 10.0 Å². The van der Waals surface area contributed by atoms with Crippen molar-refractivity contribution in [1.82, 2.24) is 0 Å². The number of carbonyl (C=O) groups excluding carboxylic acids is 2. The fourth-order valence-electron chi connectivity index (χ4n) is 4.07. The molecule has 2 N–H and O–H groups in total. The molecule has 148 valence electrons. The number of amides is 1. The molecule has 1 fully saturated rings. The minimum absolute atomic E-state index is 0.0288. The van der Waals surface area contributed by atoms with Crippen molar-refractivity contribution in [2.24, 2.45) is 11.1 Å². The molecule has 1 aliphatic carbocycles. The molecule has 1 unspecified atom stereocenters. The number of benzene rings is 1. The van der Waals surface area contributed by atoms with E-state index in [1.54, 1.807) is 11.0 Å². The van der Waals surface area contributed by atoms with Crippen LogP contribution >= 0.6 is 0 Å². The predicted molar refractivity (Wildman–Crippen MR) is 101 cm³/mol. The van der Waals surface area contributed by atoms with E-state index >= 15 is 0 Å². The Kier molecular flexibility index (Phi) is 5.86. The number of rotatable bonds is 6. The first-order valence-corrected chi connectivity index (χ1v) is 10.9. The van der Waals surface area contributed by atoms with Crippen molar-refractivity contribution in [3.05, 3.63) is 23.8 Å². The Morgan fingerprint density at radius 1 is 1.26 bits per heavy atom. The van der Waals surface area contributed by atoms with Gasteiger partial charge in [-0.25, -0.2) is 13.6 Å². The molecule has 7 nitrogen and oxygen atoms in total. The molecule has 8 heteroatoms. The van der Waals surface area contributed by atoms with E-state index in [-0.39, 0.29) is 29.4 Å². The first kappa shape index (κ1) is 19.8. The highest BCUT2D eigenvalue weighted by Gasteiger charge is 2.32. The summed E-state index contributed by atoms with van der Waals surface area (Å²) in [6.45, 7) is 1.57. The highest BCUT2D eigenvalue weighted by Crippen LogP contribution is 2.34. The van der Waals surface area contributed by atoms with E-state index in [2.05, 4.69) is 0 Å². The van der Waals surface area contributed by atoms with Gasteiger partial charge in [-0.3, -0.25) is 9.59 Å². The summed E-state index contributed by atoms with van der Waals surface area (Å²) in [6.07, 6.45) is 6.52. The Morgan fingerprint density at radius 2 is 1.96 bits per heavy atom. The SMILES string of the molecule is CC1Cc2cc(S(N)(=O)=O)ccc2N1C(=O)COC(=O)CCC1CCCC1. The number of esters is 1. The van der Waals surface area contributed by atoms with Crippen LogP contribution < -0.4 is 10.0 Å². The minimum atomic E-state index is -3.79. The van der Waals surface area contributed by atoms with Crippen LogP contribution in [0.2, 0.25) is 0 Å². The summed E-state index contributed by atoms with van der Waals surface area (Å²) in [7, 11) is -3.79. The standard InChI is InChI=1S/C19H26N2O5S/c1-13-10-15-11-16(27(20,24)25)7-8-17(15)21(13)18(22)12-26-19(23)9-6-14-4-2-3-5-14/h7-8,11,13-14H,2-6,9-10,12H2,1H3,(H2,20,24,25). The van der Waals surface area contributed by atoms with Crippen LogP contribution in [0, 0.1) is 5.92 Å². The number of anilines is 1. The summed E-state index contributed by atoms with van der Waals surface area (Å²) in [4.78, 5) is 26.1. The Morgan fingerprint density at radius 3 is 2.63 bits per heavy atom. The summed E-state index contributed by atoms with van der Waals surface area (Å²) in [5, 5.41) is 5.17. The van der Waals surface area contributed by atoms with Crippen LogP contribution in [0.5, 0.6) is 0 Å². The number of ether oxygens (including phenoxy) is 1. The zero-order valence-corrected chi connectivity index (χ0v) is 16.3. The van der Waals surface area contributed by atoms with Crippen LogP contribution in [-0.2, 0) is 30.8 Å². The number of primary sulfonamides is 1. The Bertz CT molecular complexity index is 831. The van der Waals surface area contributed by atoms with Gasteiger partial charge >= 0.3 is 5.97 Å². The molecule has 1 atom stereocenters. The zero-order chi connectivity index (χ0) is 19.6. The Labute approximate surface area is 159 Å². The maximum absolute atomic E-state index is 12.6. The lowest BCUT2D eigenvalue weighted by Crippen LogP contribution is -2.38. The number of nitrogens with two attached hydrogens (primary N) is 1. The highest BCUT2D eigenvalue weighted by atomic mass is 32.2. The van der Waals surface area contributed by atoms with Crippen molar-refractivity contribution in [3.63, 3.8) is 0 Å². The Hall–Kier alpha value is -1.93. The largest absolute Gasteiger partial charge is 0.456 e. The van der Waals surface area contributed by atoms with E-state index in [1.807, 2.05) is 6.92 Å². The fourth-order valence-corrected chi connectivity index (χ4v) is 4.63. The molecule has 2 aliphatic rings. The second-order valence-corrected chi connectivity index (χ2v) is 9.06. The second kappa shape index (κ2) is 7.98. The van der Waals surface area contributed by atoms with Gasteiger partial charge in [-0.1, -0.05) is 25.7 Å². The second-order valence-electron chi connectivity index (χ2n) is 7.50. The topological polar surface area (TPSA) is 107 Å². The molecule has 0 radical (unpaired) electrons. The van der Waals surface area contributed by atoms with E-state index in [1.165, 1.54) is 37.8 Å². The molecule has 1 aromatic rings. The molecule has 1 saturated carbocycles. The molecule has 1 heterocycles. The summed E-state index contributed by atoms with van der Waals surface area (Å²) in [6, 6.07) is 4.33. The third-order valence-electron chi connectivity index (χ3n) is 5.45. The van der Waals surface area contributed by atoms with Crippen LogP contribution in [0.4, 0.5) is 5.69 Å². The predicted octanol–water partition coefficient (Wildman–Crippen LogP) is 2.13. The van der Waals surface area contributed by atoms with E-state index in [0.29, 0.717) is 24.4 Å². The molecule has 27 heavy (non-hydrogen) atoms. The first-order chi connectivity index (χ1) is 12.8. The number of hydrogen-bond acceptors (Lipinski definition) is 5. The maximum atomic E-state index is 12.6. The van der Waals surface area contributed by atoms with Gasteiger partial charge in [0.05, 0.1) is 4.90 Å². The van der Waals surface area contributed by atoms with Crippen molar-refractivity contribution >= 4 is 27.6 Å². The van der Waals surface area contributed by atoms with E-state index in [9.17, 15) is 18.0 Å². The Balaban J connectivity index is 1.58. The molecular formula is C19H26N2O5S. The van der Waals surface area contributed by atoms with E-state index < -0.39 is 10.0 Å². The molecule has 0 bridgehead atoms. The lowest BCUT2D eigenvalue weighted by molar-refractivity contribution is -0.148. The lowest BCUT2D eigenvalue weighted by Gasteiger charge is -2.22. The quantitative estimate of drug-likeness (QED) is 0.744. The number of hydrogen-bond donors (Lipinski definition) is 1. The monoisotopic (exact) mass is 394 g/mol. The number of fused-ring (bicyclic) bond motifs is 1. The van der Waals surface area contributed by atoms with E-state index in [4.69, 9.17) is 9.88 Å². The molecule has 0 spiro atoms. The molecule has 0 saturated heterocycles. The number of sulfonamides is 1. The third kappa shape index (κ3) is 4.68. The minimum Gasteiger partial charge on any atom is -0.456 e. The van der Waals surface area contributed by atoms with Crippen LogP contribution in [0.15, 0.2) is 23.1 Å². The molecule has 1 amide bonds. The van der Waals surface area contributed by atoms with Crippen molar-refractivity contribution < 1.29 is 22.7 Å². The van der Waals surface area contributed by atoms with Crippen molar-refractivity contribution in [2.75, 3.05) is 11.5 Å². The van der Waals surface area contributed by atoms with Crippen molar-refractivity contribution in [1.29, 1.82) is 0 Å². The van der Waals surface area contributed by atoms with Gasteiger partial charge in [0.25, 0.3) is 5.91 Å². The number of carbonyl (C=O) groups is 2. The normalized spacial score (nSPS) is 19.9. The summed E-state index contributed by atoms with van der Waals surface area (Å²) in [5.41, 5.74) is 1.39. The van der Waals surface area contributed by atoms with Crippen LogP contribution in [0.3, 0.4) is 0 Å². The van der Waals surface area contributed by atoms with Gasteiger partial charge in [-0.15, -0.1) is 0 Å². The van der Waals surface area contributed by atoms with Gasteiger partial charge in [0, 0.05) is 18.2 Å². The van der Waals surface area contributed by atoms with Crippen LogP contribution in [0.1, 0.15) is 51.0 Å². The average molecular weight is 394 g/mol.